The van der Waals surface area contributed by atoms with E-state index in [2.05, 4.69) is 33.5 Å². The van der Waals surface area contributed by atoms with Crippen LogP contribution >= 0.6 is 15.9 Å². The number of benzene rings is 1. The molecule has 0 fully saturated rings. The summed E-state index contributed by atoms with van der Waals surface area (Å²) in [7, 11) is 0. The summed E-state index contributed by atoms with van der Waals surface area (Å²) in [6.45, 7) is 4.80. The van der Waals surface area contributed by atoms with Crippen molar-refractivity contribution in [2.75, 3.05) is 11.9 Å². The number of rotatable bonds is 5. The Morgan fingerprint density at radius 3 is 2.56 bits per heavy atom. The molecule has 0 aromatic heterocycles. The minimum atomic E-state index is -0.163. The highest BCUT2D eigenvalue weighted by atomic mass is 79.9. The predicted octanol–water partition coefficient (Wildman–Crippen LogP) is 2.78. The van der Waals surface area contributed by atoms with Gasteiger partial charge < -0.3 is 10.6 Å². The third-order valence-corrected chi connectivity index (χ3v) is 2.73. The lowest BCUT2D eigenvalue weighted by molar-refractivity contribution is -0.117. The number of carbonyl (C=O) groups excluding carboxylic acids is 1. The van der Waals surface area contributed by atoms with Crippen LogP contribution in [0.15, 0.2) is 28.7 Å². The van der Waals surface area contributed by atoms with Crippen molar-refractivity contribution in [3.8, 4) is 0 Å². The summed E-state index contributed by atoms with van der Waals surface area (Å²) in [4.78, 5) is 11.7. The molecular weight excluding hydrogens is 268 g/mol. The molecule has 0 spiro atoms. The number of hydrogen-bond donors (Lipinski definition) is 2. The van der Waals surface area contributed by atoms with E-state index in [1.54, 1.807) is 0 Å². The zero-order valence-electron chi connectivity index (χ0n) is 9.59. The highest BCUT2D eigenvalue weighted by Gasteiger charge is 2.11. The Morgan fingerprint density at radius 2 is 2.00 bits per heavy atom. The van der Waals surface area contributed by atoms with Gasteiger partial charge in [-0.3, -0.25) is 4.79 Å². The van der Waals surface area contributed by atoms with Crippen LogP contribution in [0.1, 0.15) is 20.3 Å². The molecule has 0 aliphatic carbocycles. The van der Waals surface area contributed by atoms with Crippen molar-refractivity contribution in [3.63, 3.8) is 0 Å². The minimum absolute atomic E-state index is 0.00391. The molecule has 16 heavy (non-hydrogen) atoms. The SMILES string of the molecule is CCCNC(C)C(=O)Nc1ccc(Br)cc1. The summed E-state index contributed by atoms with van der Waals surface area (Å²) in [5, 5.41) is 6.00. The van der Waals surface area contributed by atoms with E-state index in [1.807, 2.05) is 31.2 Å². The molecule has 1 unspecified atom stereocenters. The molecule has 3 nitrogen and oxygen atoms in total. The molecule has 0 radical (unpaired) electrons. The van der Waals surface area contributed by atoms with Crippen LogP contribution in [0, 0.1) is 0 Å². The van der Waals surface area contributed by atoms with Crippen LogP contribution in [0.5, 0.6) is 0 Å². The van der Waals surface area contributed by atoms with Crippen LogP contribution in [0.3, 0.4) is 0 Å². The third-order valence-electron chi connectivity index (χ3n) is 2.21. The van der Waals surface area contributed by atoms with Crippen LogP contribution in [-0.4, -0.2) is 18.5 Å². The van der Waals surface area contributed by atoms with E-state index in [0.717, 1.165) is 23.1 Å². The molecule has 1 aromatic carbocycles. The maximum Gasteiger partial charge on any atom is 0.241 e. The molecule has 1 rings (SSSR count). The molecule has 0 saturated heterocycles. The van der Waals surface area contributed by atoms with Crippen molar-refractivity contribution in [1.29, 1.82) is 0 Å². The fraction of sp³-hybridized carbons (Fsp3) is 0.417. The Hall–Kier alpha value is -0.870. The molecule has 1 atom stereocenters. The van der Waals surface area contributed by atoms with E-state index in [4.69, 9.17) is 0 Å². The second-order valence-corrected chi connectivity index (χ2v) is 4.59. The van der Waals surface area contributed by atoms with Gasteiger partial charge >= 0.3 is 0 Å². The zero-order valence-corrected chi connectivity index (χ0v) is 11.2. The van der Waals surface area contributed by atoms with Gasteiger partial charge in [0, 0.05) is 10.2 Å². The summed E-state index contributed by atoms with van der Waals surface area (Å²) < 4.78 is 1.00. The quantitative estimate of drug-likeness (QED) is 0.873. The van der Waals surface area contributed by atoms with E-state index in [9.17, 15) is 4.79 Å². The molecule has 0 saturated carbocycles. The summed E-state index contributed by atoms with van der Waals surface area (Å²) in [6.07, 6.45) is 1.02. The lowest BCUT2D eigenvalue weighted by Crippen LogP contribution is -2.38. The van der Waals surface area contributed by atoms with Crippen LogP contribution < -0.4 is 10.6 Å². The Kier molecular flexibility index (Phi) is 5.49. The highest BCUT2D eigenvalue weighted by Crippen LogP contribution is 2.14. The molecule has 88 valence electrons. The van der Waals surface area contributed by atoms with Gasteiger partial charge in [-0.05, 0) is 44.2 Å². The van der Waals surface area contributed by atoms with Gasteiger partial charge in [0.25, 0.3) is 0 Å². The van der Waals surface area contributed by atoms with Crippen LogP contribution in [0.25, 0.3) is 0 Å². The van der Waals surface area contributed by atoms with Crippen LogP contribution in [-0.2, 0) is 4.79 Å². The molecule has 0 heterocycles. The van der Waals surface area contributed by atoms with Gasteiger partial charge in [-0.15, -0.1) is 0 Å². The van der Waals surface area contributed by atoms with Gasteiger partial charge in [0.2, 0.25) is 5.91 Å². The molecular formula is C12H17BrN2O. The fourth-order valence-corrected chi connectivity index (χ4v) is 1.50. The van der Waals surface area contributed by atoms with Crippen molar-refractivity contribution < 1.29 is 4.79 Å². The fourth-order valence-electron chi connectivity index (χ4n) is 1.24. The first-order chi connectivity index (χ1) is 7.63. The Morgan fingerprint density at radius 1 is 1.38 bits per heavy atom. The normalized spacial score (nSPS) is 12.2. The number of hydrogen-bond acceptors (Lipinski definition) is 2. The number of nitrogens with one attached hydrogen (secondary N) is 2. The molecule has 2 N–H and O–H groups in total. The van der Waals surface area contributed by atoms with E-state index >= 15 is 0 Å². The second kappa shape index (κ2) is 6.66. The predicted molar refractivity (Wildman–Crippen MR) is 70.5 cm³/mol. The summed E-state index contributed by atoms with van der Waals surface area (Å²) in [6, 6.07) is 7.38. The average molecular weight is 285 g/mol. The number of carbonyl (C=O) groups is 1. The van der Waals surface area contributed by atoms with Crippen molar-refractivity contribution in [1.82, 2.24) is 5.32 Å². The van der Waals surface area contributed by atoms with Gasteiger partial charge in [-0.25, -0.2) is 0 Å². The lowest BCUT2D eigenvalue weighted by atomic mass is 10.2. The van der Waals surface area contributed by atoms with E-state index in [1.165, 1.54) is 0 Å². The Balaban J connectivity index is 2.47. The first kappa shape index (κ1) is 13.2. The van der Waals surface area contributed by atoms with E-state index in [-0.39, 0.29) is 11.9 Å². The Labute approximate surface area is 105 Å². The van der Waals surface area contributed by atoms with Crippen LogP contribution in [0.2, 0.25) is 0 Å². The first-order valence-electron chi connectivity index (χ1n) is 5.43. The topological polar surface area (TPSA) is 41.1 Å². The standard InChI is InChI=1S/C12H17BrN2O/c1-3-8-14-9(2)12(16)15-11-6-4-10(13)5-7-11/h4-7,9,14H,3,8H2,1-2H3,(H,15,16). The Bertz CT molecular complexity index is 337. The van der Waals surface area contributed by atoms with Crippen molar-refractivity contribution in [2.45, 2.75) is 26.3 Å². The van der Waals surface area contributed by atoms with Gasteiger partial charge in [-0.2, -0.15) is 0 Å². The van der Waals surface area contributed by atoms with Gasteiger partial charge in [0.1, 0.15) is 0 Å². The second-order valence-electron chi connectivity index (χ2n) is 3.67. The van der Waals surface area contributed by atoms with E-state index in [0.29, 0.717) is 0 Å². The van der Waals surface area contributed by atoms with Crippen molar-refractivity contribution in [2.24, 2.45) is 0 Å². The average Bonchev–Trinajstić information content (AvgIpc) is 2.29. The monoisotopic (exact) mass is 284 g/mol. The number of amides is 1. The largest absolute Gasteiger partial charge is 0.325 e. The highest BCUT2D eigenvalue weighted by molar-refractivity contribution is 9.10. The summed E-state index contributed by atoms with van der Waals surface area (Å²) >= 11 is 3.35. The number of halogens is 1. The summed E-state index contributed by atoms with van der Waals surface area (Å²) in [5.41, 5.74) is 0.818. The first-order valence-corrected chi connectivity index (χ1v) is 6.22. The molecule has 0 aliphatic rings. The van der Waals surface area contributed by atoms with Gasteiger partial charge in [-0.1, -0.05) is 22.9 Å². The maximum absolute atomic E-state index is 11.7. The van der Waals surface area contributed by atoms with Gasteiger partial charge in [0.05, 0.1) is 6.04 Å². The maximum atomic E-state index is 11.7. The molecule has 0 aliphatic heterocycles. The number of anilines is 1. The summed E-state index contributed by atoms with van der Waals surface area (Å²) in [5.74, 6) is -0.00391. The van der Waals surface area contributed by atoms with Crippen molar-refractivity contribution in [3.05, 3.63) is 28.7 Å². The van der Waals surface area contributed by atoms with Gasteiger partial charge in [0.15, 0.2) is 0 Å². The molecule has 0 bridgehead atoms. The third kappa shape index (κ3) is 4.33. The lowest BCUT2D eigenvalue weighted by Gasteiger charge is -2.13. The zero-order chi connectivity index (χ0) is 12.0. The van der Waals surface area contributed by atoms with E-state index < -0.39 is 0 Å². The smallest absolute Gasteiger partial charge is 0.241 e. The molecule has 4 heteroatoms. The van der Waals surface area contributed by atoms with Crippen molar-refractivity contribution >= 4 is 27.5 Å². The molecule has 1 amide bonds. The minimum Gasteiger partial charge on any atom is -0.325 e. The molecule has 1 aromatic rings. The van der Waals surface area contributed by atoms with Crippen LogP contribution in [0.4, 0.5) is 5.69 Å².